The number of hydrogen-bond acceptors (Lipinski definition) is 8. The highest BCUT2D eigenvalue weighted by molar-refractivity contribution is 7.98. The lowest BCUT2D eigenvalue weighted by Crippen LogP contribution is -1.96. The first-order chi connectivity index (χ1) is 10.2. The van der Waals surface area contributed by atoms with Crippen molar-refractivity contribution in [3.8, 4) is 11.4 Å². The van der Waals surface area contributed by atoms with Crippen molar-refractivity contribution in [3.05, 3.63) is 42.2 Å². The monoisotopic (exact) mass is 300 g/mol. The molecule has 0 amide bonds. The van der Waals surface area contributed by atoms with Gasteiger partial charge in [0, 0.05) is 29.7 Å². The molecule has 3 heterocycles. The summed E-state index contributed by atoms with van der Waals surface area (Å²) in [5.41, 5.74) is 7.38. The van der Waals surface area contributed by atoms with Crippen LogP contribution in [-0.4, -0.2) is 25.1 Å². The molecule has 0 spiro atoms. The summed E-state index contributed by atoms with van der Waals surface area (Å²) in [5.74, 6) is 1.99. The Bertz CT molecular complexity index is 725. The molecule has 0 aliphatic carbocycles. The van der Waals surface area contributed by atoms with Crippen LogP contribution in [0.25, 0.3) is 11.4 Å². The van der Waals surface area contributed by atoms with Gasteiger partial charge in [-0.05, 0) is 19.1 Å². The van der Waals surface area contributed by atoms with Crippen LogP contribution in [0.2, 0.25) is 0 Å². The maximum atomic E-state index is 5.69. The molecule has 7 nitrogen and oxygen atoms in total. The van der Waals surface area contributed by atoms with Crippen LogP contribution in [0.3, 0.4) is 0 Å². The van der Waals surface area contributed by atoms with Gasteiger partial charge >= 0.3 is 0 Å². The van der Waals surface area contributed by atoms with Crippen molar-refractivity contribution in [1.29, 1.82) is 0 Å². The smallest absolute Gasteiger partial charge is 0.237 e. The van der Waals surface area contributed by atoms with Crippen LogP contribution >= 0.6 is 11.8 Å². The van der Waals surface area contributed by atoms with E-state index in [2.05, 4.69) is 25.1 Å². The molecule has 0 atom stereocenters. The maximum Gasteiger partial charge on any atom is 0.237 e. The predicted molar refractivity (Wildman–Crippen MR) is 78.3 cm³/mol. The average molecular weight is 300 g/mol. The van der Waals surface area contributed by atoms with Crippen LogP contribution in [0.5, 0.6) is 0 Å². The Kier molecular flexibility index (Phi) is 3.78. The molecule has 0 radical (unpaired) electrons. The Morgan fingerprint density at radius 1 is 1.19 bits per heavy atom. The lowest BCUT2D eigenvalue weighted by Gasteiger charge is -2.00. The molecule has 0 saturated carbocycles. The van der Waals surface area contributed by atoms with E-state index >= 15 is 0 Å². The van der Waals surface area contributed by atoms with E-state index < -0.39 is 0 Å². The highest BCUT2D eigenvalue weighted by atomic mass is 32.2. The fourth-order valence-corrected chi connectivity index (χ4v) is 2.44. The Labute approximate surface area is 125 Å². The van der Waals surface area contributed by atoms with Crippen molar-refractivity contribution in [3.63, 3.8) is 0 Å². The fraction of sp³-hybridized carbons (Fsp3) is 0.154. The van der Waals surface area contributed by atoms with Crippen LogP contribution < -0.4 is 5.73 Å². The Morgan fingerprint density at radius 2 is 2.00 bits per heavy atom. The van der Waals surface area contributed by atoms with Crippen molar-refractivity contribution in [2.75, 3.05) is 5.73 Å². The highest BCUT2D eigenvalue weighted by Crippen LogP contribution is 2.21. The summed E-state index contributed by atoms with van der Waals surface area (Å²) in [6.07, 6.45) is 3.37. The van der Waals surface area contributed by atoms with Gasteiger partial charge in [-0.15, -0.1) is 0 Å². The number of nitrogens with two attached hydrogens (primary N) is 1. The predicted octanol–water partition coefficient (Wildman–Crippen LogP) is 2.10. The van der Waals surface area contributed by atoms with Gasteiger partial charge in [0.15, 0.2) is 5.16 Å². The van der Waals surface area contributed by atoms with Gasteiger partial charge in [-0.2, -0.15) is 4.98 Å². The Balaban J connectivity index is 1.70. The number of aromatic nitrogens is 5. The van der Waals surface area contributed by atoms with Gasteiger partial charge in [0.05, 0.1) is 5.75 Å². The van der Waals surface area contributed by atoms with Crippen LogP contribution in [-0.2, 0) is 5.75 Å². The number of anilines is 1. The summed E-state index contributed by atoms with van der Waals surface area (Å²) in [6.45, 7) is 1.87. The number of nitrogen functional groups attached to an aromatic ring is 1. The molecule has 0 aromatic carbocycles. The topological polar surface area (TPSA) is 104 Å². The van der Waals surface area contributed by atoms with Crippen LogP contribution in [0, 0.1) is 6.92 Å². The van der Waals surface area contributed by atoms with Gasteiger partial charge in [0.25, 0.3) is 0 Å². The molecule has 0 fully saturated rings. The molecule has 0 aliphatic rings. The Hall–Kier alpha value is -2.48. The largest absolute Gasteiger partial charge is 0.384 e. The normalized spacial score (nSPS) is 10.7. The number of pyridine rings is 1. The van der Waals surface area contributed by atoms with Crippen molar-refractivity contribution in [1.82, 2.24) is 25.1 Å². The molecule has 0 unspecified atom stereocenters. The summed E-state index contributed by atoms with van der Waals surface area (Å²) in [6, 6.07) is 5.37. The van der Waals surface area contributed by atoms with Gasteiger partial charge in [0.1, 0.15) is 5.82 Å². The number of thioether (sulfide) groups is 1. The van der Waals surface area contributed by atoms with E-state index in [1.165, 1.54) is 11.8 Å². The third-order valence-electron chi connectivity index (χ3n) is 2.58. The molecule has 2 N–H and O–H groups in total. The molecule has 21 heavy (non-hydrogen) atoms. The van der Waals surface area contributed by atoms with Crippen LogP contribution in [0.1, 0.15) is 11.6 Å². The molecule has 3 aromatic heterocycles. The average Bonchev–Trinajstić information content (AvgIpc) is 2.94. The minimum absolute atomic E-state index is 0.452. The second-order valence-corrected chi connectivity index (χ2v) is 5.20. The minimum atomic E-state index is 0.452. The van der Waals surface area contributed by atoms with E-state index in [4.69, 9.17) is 10.3 Å². The number of hydrogen-bond donors (Lipinski definition) is 1. The number of aryl methyl sites for hydroxylation is 1. The molecule has 0 saturated heterocycles. The zero-order valence-corrected chi connectivity index (χ0v) is 12.0. The van der Waals surface area contributed by atoms with Gasteiger partial charge in [-0.25, -0.2) is 9.97 Å². The molecule has 0 aliphatic heterocycles. The van der Waals surface area contributed by atoms with Crippen molar-refractivity contribution >= 4 is 17.6 Å². The van der Waals surface area contributed by atoms with Gasteiger partial charge in [-0.3, -0.25) is 4.98 Å². The van der Waals surface area contributed by atoms with E-state index in [9.17, 15) is 0 Å². The van der Waals surface area contributed by atoms with E-state index in [-0.39, 0.29) is 0 Å². The maximum absolute atomic E-state index is 5.69. The second-order valence-electron chi connectivity index (χ2n) is 4.25. The van der Waals surface area contributed by atoms with Crippen molar-refractivity contribution in [2.24, 2.45) is 0 Å². The quantitative estimate of drug-likeness (QED) is 0.577. The number of nitrogens with zero attached hydrogens (tertiary/aromatic N) is 5. The molecule has 3 aromatic rings. The summed E-state index contributed by atoms with van der Waals surface area (Å²) in [5, 5.41) is 4.53. The Morgan fingerprint density at radius 3 is 2.76 bits per heavy atom. The van der Waals surface area contributed by atoms with Crippen molar-refractivity contribution < 1.29 is 4.52 Å². The highest BCUT2D eigenvalue weighted by Gasteiger charge is 2.10. The lowest BCUT2D eigenvalue weighted by molar-refractivity contribution is 0.391. The van der Waals surface area contributed by atoms with Crippen molar-refractivity contribution in [2.45, 2.75) is 17.8 Å². The first-order valence-corrected chi connectivity index (χ1v) is 7.16. The fourth-order valence-electron chi connectivity index (χ4n) is 1.69. The first kappa shape index (κ1) is 13.5. The summed E-state index contributed by atoms with van der Waals surface area (Å²) in [7, 11) is 0. The molecule has 8 heteroatoms. The van der Waals surface area contributed by atoms with Gasteiger partial charge < -0.3 is 10.3 Å². The standard InChI is InChI=1S/C13H12N6OS/c1-8-6-10(14)17-13(16-8)21-7-11-18-12(19-20-11)9-2-4-15-5-3-9/h2-6H,7H2,1H3,(H2,14,16,17). The molecule has 106 valence electrons. The summed E-state index contributed by atoms with van der Waals surface area (Å²) in [4.78, 5) is 16.7. The second kappa shape index (κ2) is 5.88. The van der Waals surface area contributed by atoms with Crippen LogP contribution in [0.15, 0.2) is 40.3 Å². The minimum Gasteiger partial charge on any atom is -0.384 e. The van der Waals surface area contributed by atoms with Gasteiger partial charge in [0.2, 0.25) is 11.7 Å². The van der Waals surface area contributed by atoms with E-state index in [0.717, 1.165) is 11.3 Å². The number of rotatable bonds is 4. The third-order valence-corrected chi connectivity index (χ3v) is 3.42. The SMILES string of the molecule is Cc1cc(N)nc(SCc2nc(-c3ccncc3)no2)n1. The first-order valence-electron chi connectivity index (χ1n) is 6.17. The third kappa shape index (κ3) is 3.34. The molecular formula is C13H12N6OS. The molecule has 3 rings (SSSR count). The zero-order valence-electron chi connectivity index (χ0n) is 11.2. The van der Waals surface area contributed by atoms with E-state index in [1.54, 1.807) is 18.5 Å². The molecular weight excluding hydrogens is 288 g/mol. The van der Waals surface area contributed by atoms with Gasteiger partial charge in [-0.1, -0.05) is 16.9 Å². The van der Waals surface area contributed by atoms with E-state index in [0.29, 0.717) is 28.4 Å². The summed E-state index contributed by atoms with van der Waals surface area (Å²) >= 11 is 1.40. The van der Waals surface area contributed by atoms with Crippen LogP contribution in [0.4, 0.5) is 5.82 Å². The molecule has 0 bridgehead atoms. The summed E-state index contributed by atoms with van der Waals surface area (Å²) < 4.78 is 5.21. The zero-order chi connectivity index (χ0) is 14.7. The lowest BCUT2D eigenvalue weighted by atomic mass is 10.3. The van der Waals surface area contributed by atoms with E-state index in [1.807, 2.05) is 19.1 Å².